The summed E-state index contributed by atoms with van der Waals surface area (Å²) in [5, 5.41) is 2.82. The van der Waals surface area contributed by atoms with E-state index in [9.17, 15) is 13.6 Å². The van der Waals surface area contributed by atoms with E-state index in [0.29, 0.717) is 24.7 Å². The first-order chi connectivity index (χ1) is 19.9. The Balaban J connectivity index is 1.46. The van der Waals surface area contributed by atoms with Gasteiger partial charge in [-0.25, -0.2) is 0 Å². The molecular formula is C34H35F2NO4. The average molecular weight is 560 g/mol. The number of halogens is 2. The molecule has 0 bridgehead atoms. The van der Waals surface area contributed by atoms with Gasteiger partial charge in [0.25, 0.3) is 0 Å². The molecular weight excluding hydrogens is 524 g/mol. The van der Waals surface area contributed by atoms with Gasteiger partial charge in [-0.05, 0) is 77.8 Å². The van der Waals surface area contributed by atoms with Gasteiger partial charge in [0, 0.05) is 19.5 Å². The van der Waals surface area contributed by atoms with Crippen molar-refractivity contribution in [3.05, 3.63) is 113 Å². The predicted octanol–water partition coefficient (Wildman–Crippen LogP) is 7.88. The van der Waals surface area contributed by atoms with Crippen LogP contribution in [0.2, 0.25) is 0 Å². The molecule has 0 spiro atoms. The monoisotopic (exact) mass is 559 g/mol. The fourth-order valence-electron chi connectivity index (χ4n) is 4.53. The van der Waals surface area contributed by atoms with E-state index in [1.165, 1.54) is 35.7 Å². The maximum absolute atomic E-state index is 12.5. The Morgan fingerprint density at radius 1 is 0.805 bits per heavy atom. The van der Waals surface area contributed by atoms with Crippen molar-refractivity contribution in [1.82, 2.24) is 5.32 Å². The van der Waals surface area contributed by atoms with Gasteiger partial charge >= 0.3 is 6.61 Å². The molecule has 0 saturated carbocycles. The Labute approximate surface area is 240 Å². The van der Waals surface area contributed by atoms with E-state index < -0.39 is 6.61 Å². The summed E-state index contributed by atoms with van der Waals surface area (Å²) < 4.78 is 41.8. The van der Waals surface area contributed by atoms with Crippen molar-refractivity contribution in [1.29, 1.82) is 0 Å². The number of unbranched alkanes of at least 4 members (excludes halogenated alkanes) is 1. The van der Waals surface area contributed by atoms with Crippen LogP contribution in [0.3, 0.4) is 0 Å². The van der Waals surface area contributed by atoms with E-state index >= 15 is 0 Å². The zero-order valence-electron chi connectivity index (χ0n) is 23.4. The molecule has 0 fully saturated rings. The van der Waals surface area contributed by atoms with Crippen molar-refractivity contribution in [2.24, 2.45) is 0 Å². The second kappa shape index (κ2) is 14.8. The second-order valence-electron chi connectivity index (χ2n) is 9.77. The van der Waals surface area contributed by atoms with Crippen LogP contribution in [0.5, 0.6) is 17.2 Å². The predicted molar refractivity (Wildman–Crippen MR) is 156 cm³/mol. The normalized spacial score (nSPS) is 10.9. The molecule has 4 aromatic carbocycles. The van der Waals surface area contributed by atoms with Crippen molar-refractivity contribution in [3.8, 4) is 28.4 Å². The molecule has 1 amide bonds. The molecule has 4 rings (SSSR count). The molecule has 5 nitrogen and oxygen atoms in total. The lowest BCUT2D eigenvalue weighted by Crippen LogP contribution is -2.20. The topological polar surface area (TPSA) is 56.8 Å². The molecule has 0 aliphatic carbocycles. The first-order valence-corrected chi connectivity index (χ1v) is 13.7. The molecule has 7 heteroatoms. The molecule has 0 aliphatic rings. The molecule has 4 aromatic rings. The van der Waals surface area contributed by atoms with Crippen LogP contribution in [0.1, 0.15) is 42.0 Å². The maximum atomic E-state index is 12.5. The number of hydrogen-bond donors (Lipinski definition) is 1. The fraction of sp³-hybridized carbons (Fsp3) is 0.265. The second-order valence-corrected chi connectivity index (χ2v) is 9.77. The van der Waals surface area contributed by atoms with Crippen molar-refractivity contribution in [2.45, 2.75) is 52.9 Å². The van der Waals surface area contributed by atoms with Gasteiger partial charge in [-0.15, -0.1) is 0 Å². The molecule has 0 saturated heterocycles. The van der Waals surface area contributed by atoms with E-state index in [1.807, 2.05) is 42.5 Å². The van der Waals surface area contributed by atoms with Gasteiger partial charge < -0.3 is 19.5 Å². The van der Waals surface area contributed by atoms with E-state index in [0.717, 1.165) is 36.0 Å². The number of hydrogen-bond acceptors (Lipinski definition) is 4. The highest BCUT2D eigenvalue weighted by atomic mass is 19.3. The molecule has 0 radical (unpaired) electrons. The number of nitrogens with one attached hydrogen (secondary N) is 1. The third-order valence-corrected chi connectivity index (χ3v) is 6.75. The molecule has 41 heavy (non-hydrogen) atoms. The highest BCUT2D eigenvalue weighted by Crippen LogP contribution is 2.30. The molecule has 0 aromatic heterocycles. The lowest BCUT2D eigenvalue weighted by molar-refractivity contribution is -0.118. The Morgan fingerprint density at radius 2 is 1.56 bits per heavy atom. The third-order valence-electron chi connectivity index (χ3n) is 6.75. The zero-order chi connectivity index (χ0) is 29.0. The Hall–Kier alpha value is -4.39. The van der Waals surface area contributed by atoms with Gasteiger partial charge in [0.1, 0.15) is 30.5 Å². The van der Waals surface area contributed by atoms with E-state index in [1.54, 1.807) is 12.1 Å². The largest absolute Gasteiger partial charge is 0.489 e. The first-order valence-electron chi connectivity index (χ1n) is 13.7. The summed E-state index contributed by atoms with van der Waals surface area (Å²) >= 11 is 0. The summed E-state index contributed by atoms with van der Waals surface area (Å²) in [7, 11) is 0. The van der Waals surface area contributed by atoms with Crippen molar-refractivity contribution >= 4 is 5.91 Å². The van der Waals surface area contributed by atoms with Crippen LogP contribution >= 0.6 is 0 Å². The summed E-state index contributed by atoms with van der Waals surface area (Å²) in [4.78, 5) is 11.1. The minimum atomic E-state index is -2.86. The Kier molecular flexibility index (Phi) is 10.7. The summed E-state index contributed by atoms with van der Waals surface area (Å²) in [6, 6.07) is 28.8. The zero-order valence-corrected chi connectivity index (χ0v) is 23.4. The smallest absolute Gasteiger partial charge is 0.387 e. The minimum absolute atomic E-state index is 0.0370. The molecule has 214 valence electrons. The van der Waals surface area contributed by atoms with Gasteiger partial charge in [0.05, 0.1) is 0 Å². The molecule has 0 aliphatic heterocycles. The highest BCUT2D eigenvalue weighted by Gasteiger charge is 2.11. The van der Waals surface area contributed by atoms with Crippen LogP contribution in [0.4, 0.5) is 8.78 Å². The van der Waals surface area contributed by atoms with Crippen molar-refractivity contribution in [3.63, 3.8) is 0 Å². The fourth-order valence-corrected chi connectivity index (χ4v) is 4.53. The molecule has 0 atom stereocenters. The molecule has 0 unspecified atom stereocenters. The van der Waals surface area contributed by atoms with E-state index in [4.69, 9.17) is 9.47 Å². The van der Waals surface area contributed by atoms with Crippen LogP contribution in [-0.4, -0.2) is 19.1 Å². The maximum Gasteiger partial charge on any atom is 0.387 e. The van der Waals surface area contributed by atoms with Gasteiger partial charge in [-0.2, -0.15) is 8.78 Å². The number of aryl methyl sites for hydroxylation is 1. The van der Waals surface area contributed by atoms with Gasteiger partial charge in [-0.3, -0.25) is 4.79 Å². The van der Waals surface area contributed by atoms with Crippen LogP contribution in [0, 0.1) is 6.92 Å². The molecule has 0 heterocycles. The highest BCUT2D eigenvalue weighted by molar-refractivity contribution is 5.72. The van der Waals surface area contributed by atoms with Crippen LogP contribution < -0.4 is 19.5 Å². The lowest BCUT2D eigenvalue weighted by atomic mass is 9.97. The summed E-state index contributed by atoms with van der Waals surface area (Å²) in [5.41, 5.74) is 6.46. The number of carbonyl (C=O) groups excluding carboxylic acids is 1. The van der Waals surface area contributed by atoms with Crippen LogP contribution in [-0.2, 0) is 24.4 Å². The van der Waals surface area contributed by atoms with Crippen LogP contribution in [0.25, 0.3) is 11.1 Å². The SMILES string of the molecule is CC(=O)NCCCCc1ccc(OCc2cccc(-c3ccccc3)c2C)cc1OCc1ccc(OC(F)F)cc1. The average Bonchev–Trinajstić information content (AvgIpc) is 2.97. The molecule has 1 N–H and O–H groups in total. The van der Waals surface area contributed by atoms with Crippen molar-refractivity contribution < 1.29 is 27.8 Å². The summed E-state index contributed by atoms with van der Waals surface area (Å²) in [6.45, 7) is 2.05. The minimum Gasteiger partial charge on any atom is -0.489 e. The third kappa shape index (κ3) is 9.07. The lowest BCUT2D eigenvalue weighted by Gasteiger charge is -2.16. The van der Waals surface area contributed by atoms with E-state index in [-0.39, 0.29) is 18.3 Å². The number of carbonyl (C=O) groups is 1. The van der Waals surface area contributed by atoms with Gasteiger partial charge in [0.15, 0.2) is 0 Å². The number of rotatable bonds is 14. The number of ether oxygens (including phenoxy) is 3. The van der Waals surface area contributed by atoms with E-state index in [2.05, 4.69) is 41.2 Å². The van der Waals surface area contributed by atoms with Gasteiger partial charge in [-0.1, -0.05) is 66.7 Å². The van der Waals surface area contributed by atoms with Gasteiger partial charge in [0.2, 0.25) is 5.91 Å². The number of alkyl halides is 2. The quantitative estimate of drug-likeness (QED) is 0.160. The van der Waals surface area contributed by atoms with Crippen molar-refractivity contribution in [2.75, 3.05) is 6.54 Å². The van der Waals surface area contributed by atoms with Crippen LogP contribution in [0.15, 0.2) is 91.0 Å². The Morgan fingerprint density at radius 3 is 2.29 bits per heavy atom. The number of amides is 1. The Bertz CT molecular complexity index is 1410. The summed E-state index contributed by atoms with van der Waals surface area (Å²) in [6.07, 6.45) is 2.50. The first kappa shape index (κ1) is 29.6. The standard InChI is InChI=1S/C34H35F2NO4/c1-24-29(12-8-13-32(24)27-9-4-3-5-10-27)23-39-31-19-16-28(11-6-7-20-37-25(2)38)33(21-31)40-22-26-14-17-30(18-15-26)41-34(35)36/h3-5,8-10,12-19,21,34H,6-7,11,20,22-23H2,1-2H3,(H,37,38). The number of benzene rings is 4. The summed E-state index contributed by atoms with van der Waals surface area (Å²) in [5.74, 6) is 1.45.